The molecule has 0 rings (SSSR count). The Morgan fingerprint density at radius 2 is 2.27 bits per heavy atom. The second-order valence-corrected chi connectivity index (χ2v) is 2.51. The first-order valence-electron chi connectivity index (χ1n) is 5.28. The Labute approximate surface area is 106 Å². The Hall–Kier alpha value is -0.720. The molecule has 0 aromatic heterocycles. The molecule has 15 heavy (non-hydrogen) atoms. The summed E-state index contributed by atoms with van der Waals surface area (Å²) in [6, 6.07) is -0.978. The largest absolute Gasteiger partial charge is 0.468 e. The third-order valence-electron chi connectivity index (χ3n) is 1.41. The van der Waals surface area contributed by atoms with Gasteiger partial charge in [-0.25, -0.2) is 0 Å². The summed E-state index contributed by atoms with van der Waals surface area (Å²) in [6.45, 7) is 0.393. The molecule has 92 valence electrons. The number of guanidine groups is 1. The zero-order valence-electron chi connectivity index (χ0n) is 11.0. The van der Waals surface area contributed by atoms with Crippen molar-refractivity contribution in [2.24, 2.45) is 11.5 Å². The number of methoxy groups -OCH3 is 1. The normalized spacial score (nSPS) is 14.1. The van der Waals surface area contributed by atoms with Crippen LogP contribution in [0.15, 0.2) is 0 Å². The maximum Gasteiger partial charge on any atom is 0.322 e. The van der Waals surface area contributed by atoms with E-state index < -0.39 is 19.0 Å². The van der Waals surface area contributed by atoms with Crippen molar-refractivity contribution < 1.29 is 13.6 Å². The number of ether oxygens (including phenoxy) is 1. The molecule has 0 fully saturated rings. The minimum atomic E-state index is -2.76. The maximum atomic E-state index is 11.1. The zero-order chi connectivity index (χ0) is 12.8. The molecule has 0 saturated carbocycles. The summed E-state index contributed by atoms with van der Waals surface area (Å²) in [6.07, 6.45) is 0.742. The van der Waals surface area contributed by atoms with Gasteiger partial charge < -0.3 is 21.5 Å². The molecular formula is C7H18Cl2N4O2. The number of nitrogens with two attached hydrogens (primary N) is 2. The fourth-order valence-corrected chi connectivity index (χ4v) is 0.739. The first-order valence-corrected chi connectivity index (χ1v) is 3.78. The van der Waals surface area contributed by atoms with Crippen molar-refractivity contribution in [1.82, 2.24) is 5.32 Å². The van der Waals surface area contributed by atoms with Crippen molar-refractivity contribution in [2.45, 2.75) is 18.9 Å². The molecule has 0 heterocycles. The van der Waals surface area contributed by atoms with E-state index >= 15 is 0 Å². The highest BCUT2D eigenvalue weighted by molar-refractivity contribution is 5.85. The summed E-state index contributed by atoms with van der Waals surface area (Å²) in [5.74, 6) is -1.12. The van der Waals surface area contributed by atoms with Gasteiger partial charge in [0, 0.05) is 6.54 Å². The average molecular weight is 264 g/mol. The first kappa shape index (κ1) is 12.4. The summed E-state index contributed by atoms with van der Waals surface area (Å²) in [5, 5.41) is 9.38. The van der Waals surface area contributed by atoms with Crippen molar-refractivity contribution in [3.8, 4) is 0 Å². The van der Waals surface area contributed by atoms with Gasteiger partial charge in [0.2, 0.25) is 0 Å². The third kappa shape index (κ3) is 11.2. The van der Waals surface area contributed by atoms with Crippen LogP contribution in [0.25, 0.3) is 0 Å². The monoisotopic (exact) mass is 263 g/mol. The van der Waals surface area contributed by atoms with Crippen LogP contribution >= 0.6 is 24.8 Å². The van der Waals surface area contributed by atoms with E-state index in [1.807, 2.05) is 0 Å². The Balaban J connectivity index is -0.00000112. The van der Waals surface area contributed by atoms with Crippen LogP contribution in [0, 0.1) is 5.41 Å². The highest BCUT2D eigenvalue weighted by Gasteiger charge is 2.12. The highest BCUT2D eigenvalue weighted by Crippen LogP contribution is 1.94. The van der Waals surface area contributed by atoms with E-state index in [0.717, 1.165) is 0 Å². The van der Waals surface area contributed by atoms with Crippen molar-refractivity contribution in [2.75, 3.05) is 13.6 Å². The lowest BCUT2D eigenvalue weighted by atomic mass is 10.2. The maximum absolute atomic E-state index is 11.1. The highest BCUT2D eigenvalue weighted by atomic mass is 35.5. The van der Waals surface area contributed by atoms with Gasteiger partial charge in [-0.15, -0.1) is 24.8 Å². The van der Waals surface area contributed by atoms with Gasteiger partial charge in [-0.1, -0.05) is 0 Å². The molecule has 0 unspecified atom stereocenters. The quantitative estimate of drug-likeness (QED) is 0.233. The van der Waals surface area contributed by atoms with E-state index in [9.17, 15) is 4.79 Å². The van der Waals surface area contributed by atoms with Crippen molar-refractivity contribution in [1.29, 1.82) is 5.41 Å². The minimum absolute atomic E-state index is 0. The van der Waals surface area contributed by atoms with E-state index in [4.69, 9.17) is 21.0 Å². The van der Waals surface area contributed by atoms with Gasteiger partial charge in [0.05, 0.1) is 11.2 Å². The van der Waals surface area contributed by atoms with Gasteiger partial charge in [-0.3, -0.25) is 10.2 Å². The molecule has 0 radical (unpaired) electrons. The van der Waals surface area contributed by atoms with E-state index in [0.29, 0.717) is 13.0 Å². The molecular weight excluding hydrogens is 243 g/mol. The Bertz CT molecular complexity index is 266. The van der Waals surface area contributed by atoms with Crippen molar-refractivity contribution >= 4 is 36.7 Å². The van der Waals surface area contributed by atoms with Crippen molar-refractivity contribution in [3.05, 3.63) is 0 Å². The van der Waals surface area contributed by atoms with Crippen LogP contribution in [0.2, 0.25) is 0 Å². The number of hydrogen-bond donors (Lipinski definition) is 4. The Kier molecular flexibility index (Phi) is 9.35. The average Bonchev–Trinajstić information content (AvgIpc) is 2.08. The number of halogens is 2. The molecule has 6 nitrogen and oxygen atoms in total. The molecule has 0 saturated heterocycles. The molecule has 0 spiro atoms. The summed E-state index contributed by atoms with van der Waals surface area (Å²) in [7, 11) is -2.76. The number of esters is 1. The van der Waals surface area contributed by atoms with Crippen molar-refractivity contribution in [3.63, 3.8) is 0 Å². The molecule has 0 aliphatic rings. The molecule has 0 amide bonds. The van der Waals surface area contributed by atoms with Gasteiger partial charge in [0.15, 0.2) is 5.96 Å². The number of carbonyl (C=O) groups is 1. The number of carbonyl (C=O) groups excluding carboxylic acids is 1. The first-order chi connectivity index (χ1) is 7.22. The van der Waals surface area contributed by atoms with E-state index in [-0.39, 0.29) is 37.2 Å². The lowest BCUT2D eigenvalue weighted by molar-refractivity contribution is -0.142. The summed E-state index contributed by atoms with van der Waals surface area (Å²) in [4.78, 5) is 11.1. The van der Waals surface area contributed by atoms with Crippen LogP contribution in [0.3, 0.4) is 0 Å². The SMILES string of the molecule is Cl.Cl.[2H]C([2H])([2H])OC(=O)[C@@H](N)CCCNC(=N)N. The van der Waals surface area contributed by atoms with Gasteiger partial charge in [-0.05, 0) is 12.8 Å². The predicted molar refractivity (Wildman–Crippen MR) is 63.6 cm³/mol. The fraction of sp³-hybridized carbons (Fsp3) is 0.714. The summed E-state index contributed by atoms with van der Waals surface area (Å²) in [5.41, 5.74) is 10.4. The molecule has 0 aliphatic heterocycles. The molecule has 8 heteroatoms. The topological polar surface area (TPSA) is 114 Å². The molecule has 0 bridgehead atoms. The second kappa shape index (κ2) is 11.4. The lowest BCUT2D eigenvalue weighted by Gasteiger charge is -2.08. The van der Waals surface area contributed by atoms with Gasteiger partial charge in [0.1, 0.15) is 6.04 Å². The Morgan fingerprint density at radius 3 is 2.73 bits per heavy atom. The van der Waals surface area contributed by atoms with Crippen LogP contribution < -0.4 is 16.8 Å². The number of hydrogen-bond acceptors (Lipinski definition) is 4. The Morgan fingerprint density at radius 1 is 1.67 bits per heavy atom. The standard InChI is InChI=1S/C7H16N4O2.2ClH/c1-13-6(12)5(8)3-2-4-11-7(9)10;;/h5H,2-4,8H2,1H3,(H4,9,10,11);2*1H/t5-;;/m0../s1/i1D3;;. The van der Waals surface area contributed by atoms with Crippen LogP contribution in [-0.2, 0) is 9.53 Å². The molecule has 0 aromatic carbocycles. The zero-order valence-corrected chi connectivity index (χ0v) is 9.62. The van der Waals surface area contributed by atoms with Crippen LogP contribution in [0.1, 0.15) is 17.0 Å². The summed E-state index contributed by atoms with van der Waals surface area (Å²) >= 11 is 0. The third-order valence-corrected chi connectivity index (χ3v) is 1.41. The lowest BCUT2D eigenvalue weighted by Crippen LogP contribution is -2.34. The van der Waals surface area contributed by atoms with E-state index in [1.165, 1.54) is 0 Å². The van der Waals surface area contributed by atoms with Crippen LogP contribution in [0.5, 0.6) is 0 Å². The molecule has 1 atom stereocenters. The van der Waals surface area contributed by atoms with Gasteiger partial charge >= 0.3 is 5.97 Å². The van der Waals surface area contributed by atoms with E-state index in [2.05, 4.69) is 10.1 Å². The number of rotatable bonds is 5. The van der Waals surface area contributed by atoms with E-state index in [1.54, 1.807) is 0 Å². The van der Waals surface area contributed by atoms with Gasteiger partial charge in [0.25, 0.3) is 0 Å². The molecule has 0 aromatic rings. The fourth-order valence-electron chi connectivity index (χ4n) is 0.739. The molecule has 0 aliphatic carbocycles. The smallest absolute Gasteiger partial charge is 0.322 e. The van der Waals surface area contributed by atoms with Crippen LogP contribution in [0.4, 0.5) is 0 Å². The minimum Gasteiger partial charge on any atom is -0.468 e. The molecule has 6 N–H and O–H groups in total. The van der Waals surface area contributed by atoms with Gasteiger partial charge in [-0.2, -0.15) is 0 Å². The van der Waals surface area contributed by atoms with Crippen LogP contribution in [-0.4, -0.2) is 31.6 Å². The summed E-state index contributed by atoms with van der Waals surface area (Å²) < 4.78 is 24.2. The number of nitrogens with one attached hydrogen (secondary N) is 2. The second-order valence-electron chi connectivity index (χ2n) is 2.51. The predicted octanol–water partition coefficient (Wildman–Crippen LogP) is -0.406.